The Bertz CT molecular complexity index is 797. The lowest BCUT2D eigenvalue weighted by Gasteiger charge is -2.22. The van der Waals surface area contributed by atoms with Gasteiger partial charge in [0.2, 0.25) is 0 Å². The van der Waals surface area contributed by atoms with Crippen LogP contribution in [0, 0.1) is 0 Å². The van der Waals surface area contributed by atoms with Crippen molar-refractivity contribution in [1.29, 1.82) is 0 Å². The largest absolute Gasteiger partial charge is 0.447 e. The first kappa shape index (κ1) is 17.9. The van der Waals surface area contributed by atoms with Gasteiger partial charge < -0.3 is 4.74 Å². The number of ether oxygens (including phenoxy) is 1. The number of benzene rings is 2. The topological polar surface area (TPSA) is 46.6 Å². The first-order valence-corrected chi connectivity index (χ1v) is 9.05. The molecule has 134 valence electrons. The highest BCUT2D eigenvalue weighted by atomic mass is 16.6. The lowest BCUT2D eigenvalue weighted by molar-refractivity contribution is -0.113. The molecule has 1 saturated heterocycles. The van der Waals surface area contributed by atoms with Gasteiger partial charge in [0.25, 0.3) is 0 Å². The Kier molecular flexibility index (Phi) is 5.84. The van der Waals surface area contributed by atoms with Crippen LogP contribution in [0.1, 0.15) is 37.3 Å². The lowest BCUT2D eigenvalue weighted by Crippen LogP contribution is -2.25. The summed E-state index contributed by atoms with van der Waals surface area (Å²) in [6, 6.07) is 19.2. The molecule has 3 rings (SSSR count). The zero-order valence-electron chi connectivity index (χ0n) is 15.0. The monoisotopic (exact) mass is 349 g/mol. The van der Waals surface area contributed by atoms with Crippen LogP contribution in [0.25, 0.3) is 11.3 Å². The highest BCUT2D eigenvalue weighted by Gasteiger charge is 2.31. The van der Waals surface area contributed by atoms with Crippen molar-refractivity contribution in [3.05, 3.63) is 71.8 Å². The minimum atomic E-state index is -0.402. The number of carbonyl (C=O) groups is 2. The fourth-order valence-corrected chi connectivity index (χ4v) is 3.12. The van der Waals surface area contributed by atoms with Crippen LogP contribution in [-0.2, 0) is 9.53 Å². The normalized spacial score (nSPS) is 14.8. The summed E-state index contributed by atoms with van der Waals surface area (Å²) < 4.78 is 5.16. The van der Waals surface area contributed by atoms with Crippen LogP contribution in [0.2, 0.25) is 0 Å². The molecule has 4 nitrogen and oxygen atoms in total. The summed E-state index contributed by atoms with van der Waals surface area (Å²) in [7, 11) is 0. The molecule has 0 bridgehead atoms. The zero-order chi connectivity index (χ0) is 18.4. The van der Waals surface area contributed by atoms with Gasteiger partial charge in [0, 0.05) is 12.0 Å². The van der Waals surface area contributed by atoms with Crippen molar-refractivity contribution in [1.82, 2.24) is 4.90 Å². The smallest absolute Gasteiger partial charge is 0.414 e. The van der Waals surface area contributed by atoms with Crippen molar-refractivity contribution in [2.45, 2.75) is 26.2 Å². The molecule has 0 spiro atoms. The molecule has 0 aliphatic carbocycles. The van der Waals surface area contributed by atoms with Gasteiger partial charge in [-0.2, -0.15) is 0 Å². The maximum Gasteiger partial charge on any atom is 0.414 e. The number of rotatable bonds is 7. The second kappa shape index (κ2) is 8.48. The first-order valence-electron chi connectivity index (χ1n) is 9.05. The van der Waals surface area contributed by atoms with Crippen LogP contribution in [0.3, 0.4) is 0 Å². The molecular formula is C22H23NO3. The van der Waals surface area contributed by atoms with E-state index in [-0.39, 0.29) is 5.78 Å². The molecule has 1 aliphatic heterocycles. The molecule has 26 heavy (non-hydrogen) atoms. The van der Waals surface area contributed by atoms with E-state index in [1.807, 2.05) is 60.7 Å². The molecule has 0 unspecified atom stereocenters. The van der Waals surface area contributed by atoms with Gasteiger partial charge in [0.05, 0.1) is 12.2 Å². The van der Waals surface area contributed by atoms with E-state index in [2.05, 4.69) is 6.92 Å². The maximum atomic E-state index is 13.1. The predicted octanol–water partition coefficient (Wildman–Crippen LogP) is 4.77. The van der Waals surface area contributed by atoms with Gasteiger partial charge in [0.15, 0.2) is 5.78 Å². The summed E-state index contributed by atoms with van der Waals surface area (Å²) in [6.07, 6.45) is 1.82. The Morgan fingerprint density at radius 2 is 1.62 bits per heavy atom. The van der Waals surface area contributed by atoms with Crippen LogP contribution >= 0.6 is 0 Å². The maximum absolute atomic E-state index is 13.1. The Balaban J connectivity index is 2.21. The highest BCUT2D eigenvalue weighted by Crippen LogP contribution is 2.33. The summed E-state index contributed by atoms with van der Waals surface area (Å²) in [5, 5.41) is 0. The molecule has 0 atom stereocenters. The molecule has 2 aromatic carbocycles. The predicted molar refractivity (Wildman–Crippen MR) is 102 cm³/mol. The van der Waals surface area contributed by atoms with Crippen molar-refractivity contribution in [3.8, 4) is 0 Å². The molecule has 0 aromatic heterocycles. The van der Waals surface area contributed by atoms with E-state index >= 15 is 0 Å². The van der Waals surface area contributed by atoms with Crippen molar-refractivity contribution in [2.75, 3.05) is 13.2 Å². The van der Waals surface area contributed by atoms with E-state index in [1.165, 1.54) is 0 Å². The first-order chi connectivity index (χ1) is 12.7. The molecule has 0 N–H and O–H groups in total. The number of allylic oxidation sites excluding steroid dienone is 1. The minimum absolute atomic E-state index is 0.0524. The number of hydrogen-bond acceptors (Lipinski definition) is 3. The minimum Gasteiger partial charge on any atom is -0.447 e. The van der Waals surface area contributed by atoms with Crippen molar-refractivity contribution >= 4 is 23.1 Å². The number of nitrogens with zero attached hydrogens (tertiary/aromatic N) is 1. The van der Waals surface area contributed by atoms with Gasteiger partial charge in [-0.3, -0.25) is 9.69 Å². The molecule has 2 aromatic rings. The Morgan fingerprint density at radius 1 is 1.00 bits per heavy atom. The quantitative estimate of drug-likeness (QED) is 0.534. The molecular weight excluding hydrogens is 326 g/mol. The van der Waals surface area contributed by atoms with E-state index in [1.54, 1.807) is 4.90 Å². The molecule has 4 heteroatoms. The number of cyclic esters (lactones) is 1. The van der Waals surface area contributed by atoms with Crippen LogP contribution < -0.4 is 0 Å². The Hall–Kier alpha value is -2.88. The third-order valence-electron chi connectivity index (χ3n) is 4.41. The summed E-state index contributed by atoms with van der Waals surface area (Å²) >= 11 is 0. The van der Waals surface area contributed by atoms with Crippen molar-refractivity contribution < 1.29 is 14.3 Å². The third-order valence-corrected chi connectivity index (χ3v) is 4.41. The van der Waals surface area contributed by atoms with E-state index in [0.29, 0.717) is 30.8 Å². The molecule has 1 fully saturated rings. The summed E-state index contributed by atoms with van der Waals surface area (Å²) in [5.74, 6) is 0.0524. The number of ketones is 1. The average Bonchev–Trinajstić information content (AvgIpc) is 3.11. The number of carbonyl (C=O) groups excluding carboxylic acids is 2. The standard InChI is InChI=1S/C22H23NO3/c1-2-3-14-19(24)20(17-10-6-4-7-11-17)21(18-12-8-5-9-13-18)23-15-16-26-22(23)25/h4-13H,2-3,14-16H2,1H3/b21-20+. The number of unbranched alkanes of at least 4 members (excludes halogenated alkanes) is 1. The van der Waals surface area contributed by atoms with Gasteiger partial charge >= 0.3 is 6.09 Å². The molecule has 1 amide bonds. The Labute approximate surface area is 154 Å². The van der Waals surface area contributed by atoms with E-state index in [0.717, 1.165) is 24.0 Å². The number of hydrogen-bond donors (Lipinski definition) is 0. The van der Waals surface area contributed by atoms with Crippen LogP contribution in [0.4, 0.5) is 4.79 Å². The van der Waals surface area contributed by atoms with Gasteiger partial charge in [0.1, 0.15) is 6.61 Å². The molecule has 1 aliphatic rings. The van der Waals surface area contributed by atoms with Gasteiger partial charge in [-0.15, -0.1) is 0 Å². The fourth-order valence-electron chi connectivity index (χ4n) is 3.12. The summed E-state index contributed by atoms with van der Waals surface area (Å²) in [5.41, 5.74) is 2.90. The van der Waals surface area contributed by atoms with Gasteiger partial charge in [-0.1, -0.05) is 74.0 Å². The SMILES string of the molecule is CCCCC(=O)/C(=C(\c1ccccc1)N1CCOC1=O)c1ccccc1. The third kappa shape index (κ3) is 3.85. The number of amides is 1. The second-order valence-corrected chi connectivity index (χ2v) is 6.25. The number of Topliss-reactive ketones (excluding diaryl/α,β-unsaturated/α-hetero) is 1. The van der Waals surface area contributed by atoms with E-state index < -0.39 is 6.09 Å². The second-order valence-electron chi connectivity index (χ2n) is 6.25. The van der Waals surface area contributed by atoms with Crippen LogP contribution in [0.5, 0.6) is 0 Å². The molecule has 0 saturated carbocycles. The summed E-state index contributed by atoms with van der Waals surface area (Å²) in [6.45, 7) is 2.84. The zero-order valence-corrected chi connectivity index (χ0v) is 15.0. The molecule has 0 radical (unpaired) electrons. The lowest BCUT2D eigenvalue weighted by atomic mass is 9.93. The van der Waals surface area contributed by atoms with Crippen LogP contribution in [-0.4, -0.2) is 29.9 Å². The fraction of sp³-hybridized carbons (Fsp3) is 0.273. The van der Waals surface area contributed by atoms with Crippen molar-refractivity contribution in [3.63, 3.8) is 0 Å². The Morgan fingerprint density at radius 3 is 2.15 bits per heavy atom. The highest BCUT2D eigenvalue weighted by molar-refractivity contribution is 6.28. The summed E-state index contributed by atoms with van der Waals surface area (Å²) in [4.78, 5) is 27.0. The van der Waals surface area contributed by atoms with Gasteiger partial charge in [-0.05, 0) is 17.5 Å². The van der Waals surface area contributed by atoms with Crippen molar-refractivity contribution in [2.24, 2.45) is 0 Å². The molecule has 1 heterocycles. The average molecular weight is 349 g/mol. The van der Waals surface area contributed by atoms with Gasteiger partial charge in [-0.25, -0.2) is 4.79 Å². The van der Waals surface area contributed by atoms with Crippen LogP contribution in [0.15, 0.2) is 60.7 Å². The van der Waals surface area contributed by atoms with E-state index in [9.17, 15) is 9.59 Å². The van der Waals surface area contributed by atoms with E-state index in [4.69, 9.17) is 4.74 Å².